The lowest BCUT2D eigenvalue weighted by molar-refractivity contribution is -0.115. The zero-order valence-electron chi connectivity index (χ0n) is 10.7. The number of nitrogens with zero attached hydrogens (tertiary/aromatic N) is 2. The highest BCUT2D eigenvalue weighted by Crippen LogP contribution is 2.02. The molecule has 0 fully saturated rings. The van der Waals surface area contributed by atoms with Gasteiger partial charge in [0.15, 0.2) is 0 Å². The van der Waals surface area contributed by atoms with Crippen molar-refractivity contribution in [1.82, 2.24) is 5.32 Å². The summed E-state index contributed by atoms with van der Waals surface area (Å²) >= 11 is 0. The van der Waals surface area contributed by atoms with E-state index < -0.39 is 11.9 Å². The van der Waals surface area contributed by atoms with Gasteiger partial charge in [-0.25, -0.2) is 0 Å². The summed E-state index contributed by atoms with van der Waals surface area (Å²) in [7, 11) is 0. The maximum Gasteiger partial charge on any atom is 0.270 e. The lowest BCUT2D eigenvalue weighted by atomic mass is 10.1. The van der Waals surface area contributed by atoms with Crippen molar-refractivity contribution >= 4 is 11.6 Å². The summed E-state index contributed by atoms with van der Waals surface area (Å²) in [5.41, 5.74) is 0.00831. The molecule has 1 atom stereocenters. The van der Waals surface area contributed by atoms with Crippen molar-refractivity contribution < 1.29 is 14.7 Å². The summed E-state index contributed by atoms with van der Waals surface area (Å²) in [6.45, 7) is 7.63. The van der Waals surface area contributed by atoms with Gasteiger partial charge in [0.25, 0.3) is 5.91 Å². The van der Waals surface area contributed by atoms with Crippen LogP contribution in [-0.4, -0.2) is 36.1 Å². The zero-order chi connectivity index (χ0) is 14.0. The van der Waals surface area contributed by atoms with Crippen molar-refractivity contribution in [1.29, 1.82) is 5.26 Å². The van der Waals surface area contributed by atoms with Crippen molar-refractivity contribution in [3.8, 4) is 6.07 Å². The van der Waals surface area contributed by atoms with E-state index in [4.69, 9.17) is 15.2 Å². The Labute approximate surface area is 107 Å². The number of oxime groups is 1. The van der Waals surface area contributed by atoms with Gasteiger partial charge in [0.2, 0.25) is 0 Å². The molecule has 0 heterocycles. The number of nitrogens with one attached hydrogen (secondary N) is 1. The number of amides is 1. The fourth-order valence-corrected chi connectivity index (χ4v) is 1.19. The second kappa shape index (κ2) is 9.19. The van der Waals surface area contributed by atoms with Crippen LogP contribution in [0.1, 0.15) is 20.3 Å². The van der Waals surface area contributed by atoms with E-state index in [-0.39, 0.29) is 18.2 Å². The topological polar surface area (TPSA) is 94.7 Å². The van der Waals surface area contributed by atoms with Gasteiger partial charge >= 0.3 is 0 Å². The largest absolute Gasteiger partial charge is 0.410 e. The van der Waals surface area contributed by atoms with Gasteiger partial charge in [-0.15, -0.1) is 6.58 Å². The summed E-state index contributed by atoms with van der Waals surface area (Å²) in [5.74, 6) is -0.376. The maximum atomic E-state index is 11.7. The third-order valence-electron chi connectivity index (χ3n) is 1.97. The number of carbonyl (C=O) groups excluding carboxylic acids is 1. The molecule has 1 amide bonds. The molecule has 0 radical (unpaired) electrons. The number of nitriles is 1. The molecule has 6 nitrogen and oxygen atoms in total. The summed E-state index contributed by atoms with van der Waals surface area (Å²) in [6, 6.07) is 1.12. The van der Waals surface area contributed by atoms with Gasteiger partial charge in [-0.05, 0) is 5.92 Å². The molecule has 0 aromatic heterocycles. The Morgan fingerprint density at radius 3 is 2.78 bits per heavy atom. The molecule has 2 N–H and O–H groups in total. The van der Waals surface area contributed by atoms with Crippen molar-refractivity contribution in [3.63, 3.8) is 0 Å². The normalized spacial score (nSPS) is 12.9. The van der Waals surface area contributed by atoms with Gasteiger partial charge in [0.05, 0.1) is 19.3 Å². The Morgan fingerprint density at radius 1 is 1.67 bits per heavy atom. The summed E-state index contributed by atoms with van der Waals surface area (Å²) in [5, 5.41) is 23.0. The molecule has 0 aromatic rings. The second-order valence-electron chi connectivity index (χ2n) is 4.13. The first-order valence-electron chi connectivity index (χ1n) is 5.65. The molecule has 0 spiro atoms. The third kappa shape index (κ3) is 6.66. The minimum atomic E-state index is -0.777. The van der Waals surface area contributed by atoms with E-state index in [1.54, 1.807) is 6.08 Å². The summed E-state index contributed by atoms with van der Waals surface area (Å²) in [6.07, 6.45) is 1.89. The molecule has 6 heteroatoms. The van der Waals surface area contributed by atoms with E-state index in [2.05, 4.69) is 17.1 Å². The lowest BCUT2D eigenvalue weighted by Crippen LogP contribution is -2.41. The molecule has 0 aliphatic carbocycles. The maximum absolute atomic E-state index is 11.7. The van der Waals surface area contributed by atoms with Crippen LogP contribution >= 0.6 is 0 Å². The first kappa shape index (κ1) is 16.1. The molecule has 0 saturated carbocycles. The molecule has 0 rings (SSSR count). The van der Waals surface area contributed by atoms with Gasteiger partial charge in [0, 0.05) is 6.42 Å². The smallest absolute Gasteiger partial charge is 0.270 e. The first-order valence-corrected chi connectivity index (χ1v) is 5.65. The van der Waals surface area contributed by atoms with Crippen molar-refractivity contribution in [3.05, 3.63) is 12.7 Å². The average Bonchev–Trinajstić information content (AvgIpc) is 2.34. The highest BCUT2D eigenvalue weighted by atomic mass is 16.5. The van der Waals surface area contributed by atoms with Crippen LogP contribution in [0.4, 0.5) is 0 Å². The van der Waals surface area contributed by atoms with E-state index in [0.717, 1.165) is 0 Å². The molecular formula is C12H19N3O3. The average molecular weight is 253 g/mol. The molecule has 100 valence electrons. The van der Waals surface area contributed by atoms with Crippen LogP contribution in [0.3, 0.4) is 0 Å². The number of hydrogen-bond acceptors (Lipinski definition) is 5. The van der Waals surface area contributed by atoms with Crippen LogP contribution in [0.25, 0.3) is 0 Å². The Kier molecular flexibility index (Phi) is 8.24. The Balaban J connectivity index is 4.33. The van der Waals surface area contributed by atoms with Crippen LogP contribution in [0.2, 0.25) is 0 Å². The minimum Gasteiger partial charge on any atom is -0.410 e. The Bertz CT molecular complexity index is 345. The second-order valence-corrected chi connectivity index (χ2v) is 4.13. The number of hydrogen-bond donors (Lipinski definition) is 2. The third-order valence-corrected chi connectivity index (χ3v) is 1.97. The van der Waals surface area contributed by atoms with Crippen LogP contribution in [-0.2, 0) is 9.53 Å². The Morgan fingerprint density at radius 2 is 2.33 bits per heavy atom. The highest BCUT2D eigenvalue weighted by Gasteiger charge is 2.18. The van der Waals surface area contributed by atoms with E-state index >= 15 is 0 Å². The fraction of sp³-hybridized carbons (Fsp3) is 0.583. The summed E-state index contributed by atoms with van der Waals surface area (Å²) in [4.78, 5) is 11.7. The molecule has 0 aliphatic heterocycles. The minimum absolute atomic E-state index is 0.00831. The van der Waals surface area contributed by atoms with Gasteiger partial charge in [0.1, 0.15) is 11.8 Å². The molecule has 0 bridgehead atoms. The molecule has 0 aromatic carbocycles. The van der Waals surface area contributed by atoms with Crippen molar-refractivity contribution in [2.45, 2.75) is 26.3 Å². The van der Waals surface area contributed by atoms with Gasteiger partial charge < -0.3 is 15.3 Å². The SMILES string of the molecule is C=CCOCC(C#N)NC(=O)C(CC(C)C)=NO. The first-order chi connectivity index (χ1) is 8.54. The predicted octanol–water partition coefficient (Wildman–Crippen LogP) is 1.07. The van der Waals surface area contributed by atoms with Gasteiger partial charge in [-0.1, -0.05) is 25.1 Å². The van der Waals surface area contributed by atoms with Crippen molar-refractivity contribution in [2.24, 2.45) is 11.1 Å². The molecule has 0 saturated heterocycles. The van der Waals surface area contributed by atoms with E-state index in [1.807, 2.05) is 19.9 Å². The predicted molar refractivity (Wildman–Crippen MR) is 67.2 cm³/mol. The van der Waals surface area contributed by atoms with Gasteiger partial charge in [-0.3, -0.25) is 4.79 Å². The van der Waals surface area contributed by atoms with Crippen LogP contribution in [0.15, 0.2) is 17.8 Å². The molecule has 18 heavy (non-hydrogen) atoms. The van der Waals surface area contributed by atoms with Crippen LogP contribution in [0, 0.1) is 17.2 Å². The quantitative estimate of drug-likeness (QED) is 0.222. The number of rotatable bonds is 8. The van der Waals surface area contributed by atoms with Gasteiger partial charge in [-0.2, -0.15) is 5.26 Å². The number of carbonyl (C=O) groups is 1. The van der Waals surface area contributed by atoms with E-state index in [0.29, 0.717) is 13.0 Å². The lowest BCUT2D eigenvalue weighted by Gasteiger charge is -2.12. The monoisotopic (exact) mass is 253 g/mol. The fourth-order valence-electron chi connectivity index (χ4n) is 1.19. The number of ether oxygens (including phenoxy) is 1. The van der Waals surface area contributed by atoms with E-state index in [9.17, 15) is 4.79 Å². The highest BCUT2D eigenvalue weighted by molar-refractivity contribution is 6.38. The van der Waals surface area contributed by atoms with E-state index in [1.165, 1.54) is 0 Å². The zero-order valence-corrected chi connectivity index (χ0v) is 10.7. The summed E-state index contributed by atoms with van der Waals surface area (Å²) < 4.78 is 5.07. The Hall–Kier alpha value is -1.87. The van der Waals surface area contributed by atoms with Crippen LogP contribution in [0.5, 0.6) is 0 Å². The molecular weight excluding hydrogens is 234 g/mol. The van der Waals surface area contributed by atoms with Crippen LogP contribution < -0.4 is 5.32 Å². The van der Waals surface area contributed by atoms with Crippen molar-refractivity contribution in [2.75, 3.05) is 13.2 Å². The molecule has 1 unspecified atom stereocenters. The standard InChI is InChI=1S/C12H19N3O3/c1-4-5-18-8-10(7-13)14-12(16)11(15-17)6-9(2)3/h4,9-10,17H,1,5-6,8H2,2-3H3,(H,14,16). The molecule has 0 aliphatic rings.